The first-order chi connectivity index (χ1) is 8.38. The van der Waals surface area contributed by atoms with Crippen molar-refractivity contribution in [3.05, 3.63) is 6.33 Å². The summed E-state index contributed by atoms with van der Waals surface area (Å²) in [5.41, 5.74) is 0.907. The van der Waals surface area contributed by atoms with Gasteiger partial charge in [-0.05, 0) is 18.8 Å². The van der Waals surface area contributed by atoms with E-state index >= 15 is 0 Å². The summed E-state index contributed by atoms with van der Waals surface area (Å²) < 4.78 is 5.27. The molecule has 17 heavy (non-hydrogen) atoms. The molecular weight excluding hydrogens is 216 g/mol. The van der Waals surface area contributed by atoms with Gasteiger partial charge in [0.15, 0.2) is 5.82 Å². The summed E-state index contributed by atoms with van der Waals surface area (Å²) in [7, 11) is 1.64. The lowest BCUT2D eigenvalue weighted by molar-refractivity contribution is 0.341. The maximum Gasteiger partial charge on any atom is 0.242 e. The monoisotopic (exact) mass is 234 g/mol. The van der Waals surface area contributed by atoms with E-state index in [1.807, 2.05) is 0 Å². The Kier molecular flexibility index (Phi) is 2.74. The maximum absolute atomic E-state index is 5.27. The van der Waals surface area contributed by atoms with Crippen LogP contribution in [0.3, 0.4) is 0 Å². The Morgan fingerprint density at radius 3 is 3.06 bits per heavy atom. The Balaban J connectivity index is 1.92. The largest absolute Gasteiger partial charge is 0.479 e. The Labute approximate surface area is 101 Å². The van der Waals surface area contributed by atoms with E-state index in [0.717, 1.165) is 18.1 Å². The molecular formula is C12H18N4O. The molecule has 3 rings (SSSR count). The number of nitrogens with zero attached hydrogens (tertiary/aromatic N) is 2. The lowest BCUT2D eigenvalue weighted by Crippen LogP contribution is -2.34. The summed E-state index contributed by atoms with van der Waals surface area (Å²) in [6.07, 6.45) is 6.72. The van der Waals surface area contributed by atoms with Crippen molar-refractivity contribution in [3.63, 3.8) is 0 Å². The number of hydrogen-bond acceptors (Lipinski definition) is 5. The van der Waals surface area contributed by atoms with E-state index in [0.29, 0.717) is 17.8 Å². The molecule has 1 saturated carbocycles. The third-order valence-corrected chi connectivity index (χ3v) is 3.78. The number of nitrogens with one attached hydrogen (secondary N) is 2. The van der Waals surface area contributed by atoms with Crippen LogP contribution in [0.2, 0.25) is 0 Å². The molecule has 0 spiro atoms. The quantitative estimate of drug-likeness (QED) is 0.777. The van der Waals surface area contributed by atoms with Crippen LogP contribution in [0.4, 0.5) is 11.5 Å². The van der Waals surface area contributed by atoms with Crippen LogP contribution in [-0.2, 0) is 0 Å². The molecule has 5 nitrogen and oxygen atoms in total. The molecule has 0 aromatic carbocycles. The van der Waals surface area contributed by atoms with Gasteiger partial charge in [-0.2, -0.15) is 4.98 Å². The van der Waals surface area contributed by atoms with Gasteiger partial charge in [-0.3, -0.25) is 0 Å². The minimum atomic E-state index is 0.539. The van der Waals surface area contributed by atoms with Gasteiger partial charge in [0, 0.05) is 12.6 Å². The van der Waals surface area contributed by atoms with Gasteiger partial charge in [0.1, 0.15) is 12.0 Å². The van der Waals surface area contributed by atoms with Crippen molar-refractivity contribution in [2.75, 3.05) is 24.3 Å². The van der Waals surface area contributed by atoms with Crippen LogP contribution in [0.1, 0.15) is 25.7 Å². The van der Waals surface area contributed by atoms with E-state index in [2.05, 4.69) is 20.6 Å². The van der Waals surface area contributed by atoms with Crippen molar-refractivity contribution < 1.29 is 4.74 Å². The smallest absolute Gasteiger partial charge is 0.242 e. The van der Waals surface area contributed by atoms with Crippen LogP contribution in [0.25, 0.3) is 0 Å². The molecule has 2 heterocycles. The molecule has 0 amide bonds. The second-order valence-electron chi connectivity index (χ2n) is 4.78. The average molecular weight is 234 g/mol. The number of ether oxygens (including phenoxy) is 1. The molecule has 1 aromatic heterocycles. The van der Waals surface area contributed by atoms with Crippen LogP contribution in [-0.4, -0.2) is 29.7 Å². The molecule has 0 radical (unpaired) electrons. The van der Waals surface area contributed by atoms with Crippen molar-refractivity contribution in [2.45, 2.75) is 31.7 Å². The van der Waals surface area contributed by atoms with Crippen molar-refractivity contribution in [1.82, 2.24) is 9.97 Å². The summed E-state index contributed by atoms with van der Waals surface area (Å²) in [5.74, 6) is 2.19. The van der Waals surface area contributed by atoms with E-state index in [-0.39, 0.29) is 0 Å². The first kappa shape index (κ1) is 10.6. The molecule has 2 aliphatic rings. The summed E-state index contributed by atoms with van der Waals surface area (Å²) in [6, 6.07) is 0.539. The number of fused-ring (bicyclic) bond motifs is 2. The fourth-order valence-corrected chi connectivity index (χ4v) is 2.84. The van der Waals surface area contributed by atoms with Gasteiger partial charge in [0.25, 0.3) is 0 Å². The van der Waals surface area contributed by atoms with E-state index in [1.165, 1.54) is 25.7 Å². The zero-order valence-corrected chi connectivity index (χ0v) is 10.1. The standard InChI is InChI=1S/C12H18N4O/c1-17-12-10-11(14-7-15-12)16-9-5-3-2-4-8(9)6-13-10/h7-9,13H,2-6H2,1H3,(H,14,15,16). The number of hydrogen-bond donors (Lipinski definition) is 2. The molecule has 2 atom stereocenters. The summed E-state index contributed by atoms with van der Waals surface area (Å²) in [5, 5.41) is 6.97. The molecule has 2 N–H and O–H groups in total. The SMILES string of the molecule is COc1ncnc2c1NCC1CCCCC1N2. The van der Waals surface area contributed by atoms with Crippen LogP contribution in [0.15, 0.2) is 6.33 Å². The second kappa shape index (κ2) is 4.39. The molecule has 2 unspecified atom stereocenters. The predicted octanol–water partition coefficient (Wildman–Crippen LogP) is 1.88. The van der Waals surface area contributed by atoms with Gasteiger partial charge in [0.05, 0.1) is 7.11 Å². The van der Waals surface area contributed by atoms with Crippen LogP contribution in [0.5, 0.6) is 5.88 Å². The zero-order valence-electron chi connectivity index (χ0n) is 10.1. The number of anilines is 2. The third-order valence-electron chi connectivity index (χ3n) is 3.78. The van der Waals surface area contributed by atoms with E-state index in [1.54, 1.807) is 13.4 Å². The summed E-state index contributed by atoms with van der Waals surface area (Å²) in [4.78, 5) is 8.45. The highest BCUT2D eigenvalue weighted by atomic mass is 16.5. The molecule has 5 heteroatoms. The summed E-state index contributed by atoms with van der Waals surface area (Å²) >= 11 is 0. The number of rotatable bonds is 1. The van der Waals surface area contributed by atoms with Crippen molar-refractivity contribution in [1.29, 1.82) is 0 Å². The van der Waals surface area contributed by atoms with Gasteiger partial charge in [-0.1, -0.05) is 12.8 Å². The first-order valence-corrected chi connectivity index (χ1v) is 6.28. The molecule has 1 aromatic rings. The van der Waals surface area contributed by atoms with Crippen molar-refractivity contribution >= 4 is 11.5 Å². The van der Waals surface area contributed by atoms with E-state index < -0.39 is 0 Å². The summed E-state index contributed by atoms with van der Waals surface area (Å²) in [6.45, 7) is 0.981. The fourth-order valence-electron chi connectivity index (χ4n) is 2.84. The zero-order chi connectivity index (χ0) is 11.7. The number of methoxy groups -OCH3 is 1. The maximum atomic E-state index is 5.27. The van der Waals surface area contributed by atoms with Gasteiger partial charge < -0.3 is 15.4 Å². The molecule has 1 aliphatic carbocycles. The van der Waals surface area contributed by atoms with Crippen LogP contribution >= 0.6 is 0 Å². The van der Waals surface area contributed by atoms with E-state index in [9.17, 15) is 0 Å². The Morgan fingerprint density at radius 2 is 2.18 bits per heavy atom. The molecule has 92 valence electrons. The topological polar surface area (TPSA) is 59.1 Å². The van der Waals surface area contributed by atoms with Gasteiger partial charge in [-0.25, -0.2) is 4.98 Å². The molecule has 0 bridgehead atoms. The highest BCUT2D eigenvalue weighted by Crippen LogP contribution is 2.36. The van der Waals surface area contributed by atoms with Crippen molar-refractivity contribution in [3.8, 4) is 5.88 Å². The Hall–Kier alpha value is -1.52. The number of aromatic nitrogens is 2. The predicted molar refractivity (Wildman–Crippen MR) is 66.4 cm³/mol. The molecule has 1 fully saturated rings. The van der Waals surface area contributed by atoms with Gasteiger partial charge in [-0.15, -0.1) is 0 Å². The van der Waals surface area contributed by atoms with Crippen LogP contribution < -0.4 is 15.4 Å². The highest BCUT2D eigenvalue weighted by Gasteiger charge is 2.29. The van der Waals surface area contributed by atoms with Gasteiger partial charge >= 0.3 is 0 Å². The molecule has 0 saturated heterocycles. The van der Waals surface area contributed by atoms with E-state index in [4.69, 9.17) is 4.74 Å². The van der Waals surface area contributed by atoms with Crippen molar-refractivity contribution in [2.24, 2.45) is 5.92 Å². The Morgan fingerprint density at radius 1 is 1.29 bits per heavy atom. The lowest BCUT2D eigenvalue weighted by atomic mass is 9.85. The minimum absolute atomic E-state index is 0.539. The fraction of sp³-hybridized carbons (Fsp3) is 0.667. The van der Waals surface area contributed by atoms with Gasteiger partial charge in [0.2, 0.25) is 5.88 Å². The first-order valence-electron chi connectivity index (χ1n) is 6.28. The lowest BCUT2D eigenvalue weighted by Gasteiger charge is -2.30. The minimum Gasteiger partial charge on any atom is -0.479 e. The molecule has 1 aliphatic heterocycles. The average Bonchev–Trinajstić information content (AvgIpc) is 2.57. The normalized spacial score (nSPS) is 26.9. The van der Waals surface area contributed by atoms with Crippen LogP contribution in [0, 0.1) is 5.92 Å². The highest BCUT2D eigenvalue weighted by molar-refractivity contribution is 5.70. The second-order valence-corrected chi connectivity index (χ2v) is 4.78. The third kappa shape index (κ3) is 1.90. The Bertz CT molecular complexity index is 409.